The number of benzene rings is 1. The molecule has 1 fully saturated rings. The lowest BCUT2D eigenvalue weighted by atomic mass is 9.79. The van der Waals surface area contributed by atoms with Crippen molar-refractivity contribution in [3.63, 3.8) is 0 Å². The molecule has 3 unspecified atom stereocenters. The second-order valence-electron chi connectivity index (χ2n) is 5.27. The molecule has 1 saturated carbocycles. The van der Waals surface area contributed by atoms with Crippen LogP contribution in [0.25, 0.3) is 0 Å². The fourth-order valence-electron chi connectivity index (χ4n) is 2.61. The Labute approximate surface area is 104 Å². The van der Waals surface area contributed by atoms with Crippen molar-refractivity contribution in [2.75, 3.05) is 5.32 Å². The highest BCUT2D eigenvalue weighted by Gasteiger charge is 2.24. The summed E-state index contributed by atoms with van der Waals surface area (Å²) in [4.78, 5) is 0. The SMILES string of the molecule is CC1CCC(Nc2ccccc2C#N)CC1C. The van der Waals surface area contributed by atoms with Gasteiger partial charge < -0.3 is 5.32 Å². The van der Waals surface area contributed by atoms with Crippen LogP contribution in [0.5, 0.6) is 0 Å². The third kappa shape index (κ3) is 2.79. The summed E-state index contributed by atoms with van der Waals surface area (Å²) in [5.41, 5.74) is 1.74. The molecule has 0 aliphatic heterocycles. The average molecular weight is 228 g/mol. The van der Waals surface area contributed by atoms with Crippen LogP contribution in [0.3, 0.4) is 0 Å². The molecule has 0 radical (unpaired) electrons. The van der Waals surface area contributed by atoms with Crippen molar-refractivity contribution in [2.45, 2.75) is 39.2 Å². The highest BCUT2D eigenvalue weighted by atomic mass is 14.9. The van der Waals surface area contributed by atoms with E-state index in [1.54, 1.807) is 0 Å². The van der Waals surface area contributed by atoms with Crippen molar-refractivity contribution in [2.24, 2.45) is 11.8 Å². The highest BCUT2D eigenvalue weighted by molar-refractivity contribution is 5.57. The van der Waals surface area contributed by atoms with Gasteiger partial charge in [0.05, 0.1) is 11.3 Å². The first-order valence-corrected chi connectivity index (χ1v) is 6.46. The first-order valence-electron chi connectivity index (χ1n) is 6.46. The highest BCUT2D eigenvalue weighted by Crippen LogP contribution is 2.31. The second-order valence-corrected chi connectivity index (χ2v) is 5.27. The molecule has 2 rings (SSSR count). The summed E-state index contributed by atoms with van der Waals surface area (Å²) in [6.07, 6.45) is 3.71. The van der Waals surface area contributed by atoms with Crippen molar-refractivity contribution in [3.05, 3.63) is 29.8 Å². The van der Waals surface area contributed by atoms with E-state index in [0.717, 1.165) is 23.1 Å². The number of rotatable bonds is 2. The summed E-state index contributed by atoms with van der Waals surface area (Å²) in [6.45, 7) is 4.67. The van der Waals surface area contributed by atoms with Crippen LogP contribution in [0.1, 0.15) is 38.7 Å². The largest absolute Gasteiger partial charge is 0.381 e. The van der Waals surface area contributed by atoms with Gasteiger partial charge in [-0.15, -0.1) is 0 Å². The summed E-state index contributed by atoms with van der Waals surface area (Å²) in [7, 11) is 0. The Hall–Kier alpha value is -1.49. The molecule has 0 amide bonds. The lowest BCUT2D eigenvalue weighted by Crippen LogP contribution is -2.30. The number of nitriles is 1. The molecular formula is C15H20N2. The van der Waals surface area contributed by atoms with E-state index in [2.05, 4.69) is 25.2 Å². The van der Waals surface area contributed by atoms with Crippen LogP contribution in [-0.4, -0.2) is 6.04 Å². The van der Waals surface area contributed by atoms with Crippen molar-refractivity contribution in [3.8, 4) is 6.07 Å². The Kier molecular flexibility index (Phi) is 3.68. The standard InChI is InChI=1S/C15H20N2/c1-11-7-8-14(9-12(11)2)17-15-6-4-3-5-13(15)10-16/h3-6,11-12,14,17H,7-9H2,1-2H3. The van der Waals surface area contributed by atoms with Gasteiger partial charge in [0.15, 0.2) is 0 Å². The predicted octanol–water partition coefficient (Wildman–Crippen LogP) is 3.79. The fraction of sp³-hybridized carbons (Fsp3) is 0.533. The zero-order chi connectivity index (χ0) is 12.3. The number of anilines is 1. The number of nitrogens with one attached hydrogen (secondary N) is 1. The van der Waals surface area contributed by atoms with Crippen LogP contribution >= 0.6 is 0 Å². The summed E-state index contributed by atoms with van der Waals surface area (Å²) >= 11 is 0. The lowest BCUT2D eigenvalue weighted by molar-refractivity contribution is 0.261. The Balaban J connectivity index is 2.04. The molecule has 1 aliphatic rings. The molecular weight excluding hydrogens is 208 g/mol. The quantitative estimate of drug-likeness (QED) is 0.835. The van der Waals surface area contributed by atoms with Gasteiger partial charge >= 0.3 is 0 Å². The van der Waals surface area contributed by atoms with Crippen molar-refractivity contribution < 1.29 is 0 Å². The number of para-hydroxylation sites is 1. The third-order valence-corrected chi connectivity index (χ3v) is 4.01. The van der Waals surface area contributed by atoms with E-state index in [9.17, 15) is 0 Å². The van der Waals surface area contributed by atoms with Crippen LogP contribution in [-0.2, 0) is 0 Å². The van der Waals surface area contributed by atoms with Crippen LogP contribution in [0.2, 0.25) is 0 Å². The van der Waals surface area contributed by atoms with E-state index in [4.69, 9.17) is 5.26 Å². The summed E-state index contributed by atoms with van der Waals surface area (Å²) in [6, 6.07) is 10.5. The Morgan fingerprint density at radius 2 is 1.94 bits per heavy atom. The number of hydrogen-bond donors (Lipinski definition) is 1. The van der Waals surface area contributed by atoms with Gasteiger partial charge in [0.1, 0.15) is 6.07 Å². The van der Waals surface area contributed by atoms with E-state index in [1.807, 2.05) is 24.3 Å². The van der Waals surface area contributed by atoms with Gasteiger partial charge in [-0.25, -0.2) is 0 Å². The molecule has 3 atom stereocenters. The second kappa shape index (κ2) is 5.23. The summed E-state index contributed by atoms with van der Waals surface area (Å²) in [5, 5.41) is 12.6. The van der Waals surface area contributed by atoms with Crippen LogP contribution < -0.4 is 5.32 Å². The molecule has 0 bridgehead atoms. The van der Waals surface area contributed by atoms with Crippen molar-refractivity contribution in [1.29, 1.82) is 5.26 Å². The molecule has 2 nitrogen and oxygen atoms in total. The van der Waals surface area contributed by atoms with E-state index in [-0.39, 0.29) is 0 Å². The summed E-state index contributed by atoms with van der Waals surface area (Å²) < 4.78 is 0. The van der Waals surface area contributed by atoms with Gasteiger partial charge in [0.2, 0.25) is 0 Å². The van der Waals surface area contributed by atoms with Crippen molar-refractivity contribution >= 4 is 5.69 Å². The molecule has 17 heavy (non-hydrogen) atoms. The van der Waals surface area contributed by atoms with E-state index in [0.29, 0.717) is 6.04 Å². The average Bonchev–Trinajstić information content (AvgIpc) is 2.34. The Bertz CT molecular complexity index is 419. The molecule has 2 heteroatoms. The van der Waals surface area contributed by atoms with Crippen molar-refractivity contribution in [1.82, 2.24) is 0 Å². The van der Waals surface area contributed by atoms with Gasteiger partial charge in [0, 0.05) is 6.04 Å². The maximum absolute atomic E-state index is 9.05. The first kappa shape index (κ1) is 12.0. The topological polar surface area (TPSA) is 35.8 Å². The normalized spacial score (nSPS) is 28.4. The van der Waals surface area contributed by atoms with E-state index in [1.165, 1.54) is 19.3 Å². The molecule has 0 spiro atoms. The minimum absolute atomic E-state index is 0.524. The fourth-order valence-corrected chi connectivity index (χ4v) is 2.61. The molecule has 1 N–H and O–H groups in total. The lowest BCUT2D eigenvalue weighted by Gasteiger charge is -2.33. The van der Waals surface area contributed by atoms with E-state index >= 15 is 0 Å². The smallest absolute Gasteiger partial charge is 0.101 e. The molecule has 0 heterocycles. The van der Waals surface area contributed by atoms with Gasteiger partial charge in [-0.1, -0.05) is 26.0 Å². The maximum atomic E-state index is 9.05. The zero-order valence-corrected chi connectivity index (χ0v) is 10.6. The molecule has 0 aromatic heterocycles. The number of hydrogen-bond acceptors (Lipinski definition) is 2. The van der Waals surface area contributed by atoms with Gasteiger partial charge in [0.25, 0.3) is 0 Å². The van der Waals surface area contributed by atoms with Crippen LogP contribution in [0.15, 0.2) is 24.3 Å². The van der Waals surface area contributed by atoms with Gasteiger partial charge in [-0.3, -0.25) is 0 Å². The minimum Gasteiger partial charge on any atom is -0.381 e. The molecule has 90 valence electrons. The molecule has 1 aromatic carbocycles. The Morgan fingerprint density at radius 1 is 1.18 bits per heavy atom. The third-order valence-electron chi connectivity index (χ3n) is 4.01. The summed E-state index contributed by atoms with van der Waals surface area (Å²) in [5.74, 6) is 1.61. The number of nitrogens with zero attached hydrogens (tertiary/aromatic N) is 1. The monoisotopic (exact) mass is 228 g/mol. The van der Waals surface area contributed by atoms with Gasteiger partial charge in [-0.05, 0) is 43.2 Å². The van der Waals surface area contributed by atoms with Gasteiger partial charge in [-0.2, -0.15) is 5.26 Å². The van der Waals surface area contributed by atoms with Crippen LogP contribution in [0, 0.1) is 23.2 Å². The maximum Gasteiger partial charge on any atom is 0.101 e. The molecule has 0 saturated heterocycles. The first-order chi connectivity index (χ1) is 8.20. The minimum atomic E-state index is 0.524. The molecule has 1 aliphatic carbocycles. The molecule has 1 aromatic rings. The predicted molar refractivity (Wildman–Crippen MR) is 70.7 cm³/mol. The van der Waals surface area contributed by atoms with E-state index < -0.39 is 0 Å². The Morgan fingerprint density at radius 3 is 2.65 bits per heavy atom. The zero-order valence-electron chi connectivity index (χ0n) is 10.6. The van der Waals surface area contributed by atoms with Crippen LogP contribution in [0.4, 0.5) is 5.69 Å².